The Kier molecular flexibility index (Phi) is 4.23. The fourth-order valence-electron chi connectivity index (χ4n) is 2.86. The van der Waals surface area contributed by atoms with E-state index in [2.05, 4.69) is 43.6 Å². The van der Waals surface area contributed by atoms with Crippen molar-refractivity contribution in [2.24, 2.45) is 17.3 Å². The van der Waals surface area contributed by atoms with Gasteiger partial charge in [0.1, 0.15) is 0 Å². The summed E-state index contributed by atoms with van der Waals surface area (Å²) in [6, 6.07) is 15.7. The van der Waals surface area contributed by atoms with Crippen LogP contribution in [-0.2, 0) is 7.05 Å². The number of carbonyl (C=O) groups excluding carboxylic acids is 1. The molecule has 1 aliphatic carbocycles. The van der Waals surface area contributed by atoms with E-state index in [0.717, 1.165) is 37.4 Å². The number of Topliss-reactive ketones (excluding diaryl/α,β-unsaturated/α-hetero) is 1. The fraction of sp³-hybridized carbons (Fsp3) is 0.105. The van der Waals surface area contributed by atoms with Crippen LogP contribution in [0.5, 0.6) is 0 Å². The van der Waals surface area contributed by atoms with Crippen LogP contribution in [0.3, 0.4) is 0 Å². The molecule has 6 heteroatoms. The van der Waals surface area contributed by atoms with E-state index in [0.29, 0.717) is 6.42 Å². The molecule has 0 spiro atoms. The van der Waals surface area contributed by atoms with Crippen LogP contribution in [0.25, 0.3) is 11.3 Å². The number of carbonyl (C=O) groups is 1. The molecule has 0 aliphatic heterocycles. The van der Waals surface area contributed by atoms with Crippen molar-refractivity contribution in [2.75, 3.05) is 0 Å². The molecular formula is C19H14BrN3OS. The van der Waals surface area contributed by atoms with Gasteiger partial charge in [0.15, 0.2) is 5.78 Å². The third-order valence-electron chi connectivity index (χ3n) is 4.19. The van der Waals surface area contributed by atoms with Crippen molar-refractivity contribution in [2.45, 2.75) is 6.42 Å². The summed E-state index contributed by atoms with van der Waals surface area (Å²) >= 11 is 4.99. The Morgan fingerprint density at radius 3 is 2.52 bits per heavy atom. The second-order valence-electron chi connectivity index (χ2n) is 5.76. The van der Waals surface area contributed by atoms with Gasteiger partial charge in [0.25, 0.3) is 0 Å². The Morgan fingerprint density at radius 2 is 1.76 bits per heavy atom. The molecule has 124 valence electrons. The molecule has 0 bridgehead atoms. The van der Waals surface area contributed by atoms with Gasteiger partial charge in [0.05, 0.1) is 17.8 Å². The summed E-state index contributed by atoms with van der Waals surface area (Å²) in [5.74, 6) is 0.107. The summed E-state index contributed by atoms with van der Waals surface area (Å²) in [6.07, 6.45) is 0.317. The van der Waals surface area contributed by atoms with Crippen molar-refractivity contribution in [1.82, 2.24) is 4.57 Å². The first-order chi connectivity index (χ1) is 12.1. The summed E-state index contributed by atoms with van der Waals surface area (Å²) in [4.78, 5) is 12.8. The van der Waals surface area contributed by atoms with Gasteiger partial charge in [-0.05, 0) is 17.7 Å². The van der Waals surface area contributed by atoms with Crippen molar-refractivity contribution < 1.29 is 4.79 Å². The van der Waals surface area contributed by atoms with E-state index < -0.39 is 0 Å². The molecule has 25 heavy (non-hydrogen) atoms. The molecule has 1 aromatic heterocycles. The van der Waals surface area contributed by atoms with Crippen LogP contribution in [0.2, 0.25) is 0 Å². The molecule has 0 unspecified atom stereocenters. The second-order valence-corrected chi connectivity index (χ2v) is 7.51. The lowest BCUT2D eigenvalue weighted by Crippen LogP contribution is -2.11. The number of halogens is 1. The highest BCUT2D eigenvalue weighted by molar-refractivity contribution is 9.10. The number of rotatable bonds is 2. The highest BCUT2D eigenvalue weighted by Crippen LogP contribution is 2.23. The van der Waals surface area contributed by atoms with Gasteiger partial charge in [-0.1, -0.05) is 52.3 Å². The first kappa shape index (κ1) is 16.2. The van der Waals surface area contributed by atoms with Gasteiger partial charge in [0.2, 0.25) is 4.80 Å². The Balaban J connectivity index is 1.72. The molecule has 1 aliphatic rings. The van der Waals surface area contributed by atoms with Crippen LogP contribution in [-0.4, -0.2) is 16.1 Å². The highest BCUT2D eigenvalue weighted by Gasteiger charge is 2.24. The molecule has 0 amide bonds. The molecule has 0 saturated carbocycles. The smallest absolute Gasteiger partial charge is 0.210 e. The van der Waals surface area contributed by atoms with Crippen LogP contribution in [0.4, 0.5) is 0 Å². The van der Waals surface area contributed by atoms with Crippen LogP contribution >= 0.6 is 27.3 Å². The summed E-state index contributed by atoms with van der Waals surface area (Å²) in [7, 11) is 1.97. The predicted octanol–water partition coefficient (Wildman–Crippen LogP) is 4.41. The van der Waals surface area contributed by atoms with E-state index in [1.807, 2.05) is 48.0 Å². The third-order valence-corrected chi connectivity index (χ3v) is 5.62. The largest absolute Gasteiger partial charge is 0.318 e. The lowest BCUT2D eigenvalue weighted by Gasteiger charge is -2.02. The van der Waals surface area contributed by atoms with E-state index in [4.69, 9.17) is 0 Å². The number of thiazole rings is 1. The molecule has 0 radical (unpaired) electrons. The monoisotopic (exact) mass is 411 g/mol. The Morgan fingerprint density at radius 1 is 1.04 bits per heavy atom. The van der Waals surface area contributed by atoms with Gasteiger partial charge in [-0.3, -0.25) is 4.79 Å². The second kappa shape index (κ2) is 6.54. The average Bonchev–Trinajstić information content (AvgIpc) is 3.15. The van der Waals surface area contributed by atoms with E-state index in [1.54, 1.807) is 0 Å². The molecule has 3 aromatic rings. The summed E-state index contributed by atoms with van der Waals surface area (Å²) in [6.45, 7) is 0. The highest BCUT2D eigenvalue weighted by atomic mass is 79.9. The average molecular weight is 412 g/mol. The zero-order valence-electron chi connectivity index (χ0n) is 13.4. The quantitative estimate of drug-likeness (QED) is 0.576. The van der Waals surface area contributed by atoms with Gasteiger partial charge in [-0.2, -0.15) is 5.10 Å². The number of hydrogen-bond acceptors (Lipinski definition) is 4. The minimum Gasteiger partial charge on any atom is -0.318 e. The number of ketones is 1. The first-order valence-electron chi connectivity index (χ1n) is 7.77. The van der Waals surface area contributed by atoms with E-state index in [1.165, 1.54) is 11.3 Å². The van der Waals surface area contributed by atoms with Gasteiger partial charge in [-0.15, -0.1) is 16.4 Å². The molecule has 0 atom stereocenters. The lowest BCUT2D eigenvalue weighted by atomic mass is 10.1. The number of aromatic nitrogens is 1. The third kappa shape index (κ3) is 3.03. The first-order valence-corrected chi connectivity index (χ1v) is 9.44. The maximum atomic E-state index is 12.0. The molecule has 4 nitrogen and oxygen atoms in total. The van der Waals surface area contributed by atoms with E-state index in [9.17, 15) is 4.79 Å². The van der Waals surface area contributed by atoms with Gasteiger partial charge in [0, 0.05) is 28.0 Å². The van der Waals surface area contributed by atoms with Gasteiger partial charge < -0.3 is 4.57 Å². The van der Waals surface area contributed by atoms with Crippen LogP contribution in [0.15, 0.2) is 68.6 Å². The normalized spacial score (nSPS) is 15.8. The zero-order valence-corrected chi connectivity index (χ0v) is 15.8. The Hall–Kier alpha value is -2.31. The Labute approximate surface area is 157 Å². The molecule has 0 N–H and O–H groups in total. The number of hydrogen-bond donors (Lipinski definition) is 0. The van der Waals surface area contributed by atoms with Gasteiger partial charge in [-0.25, -0.2) is 0 Å². The topological polar surface area (TPSA) is 46.7 Å². The van der Waals surface area contributed by atoms with Crippen LogP contribution in [0.1, 0.15) is 22.3 Å². The maximum Gasteiger partial charge on any atom is 0.210 e. The summed E-state index contributed by atoms with van der Waals surface area (Å²) in [5.41, 5.74) is 4.57. The Bertz CT molecular complexity index is 1060. The minimum atomic E-state index is 0.107. The zero-order chi connectivity index (χ0) is 17.4. The molecular weight excluding hydrogens is 398 g/mol. The van der Waals surface area contributed by atoms with Crippen molar-refractivity contribution in [3.05, 3.63) is 74.3 Å². The SMILES string of the molecule is Cn1c(-c2ccc(Br)cc2)cs/c1=N/N=C1\CC(=O)c2ccccc21. The molecule has 0 saturated heterocycles. The minimum absolute atomic E-state index is 0.107. The van der Waals surface area contributed by atoms with Crippen LogP contribution in [0, 0.1) is 0 Å². The standard InChI is InChI=1S/C19H14BrN3OS/c1-23-17(12-6-8-13(20)9-7-12)11-25-19(23)22-21-16-10-18(24)15-5-3-2-4-14(15)16/h2-9,11H,10H2,1H3/b21-16+,22-19+. The summed E-state index contributed by atoms with van der Waals surface area (Å²) in [5, 5.41) is 10.8. The van der Waals surface area contributed by atoms with Crippen molar-refractivity contribution >= 4 is 38.8 Å². The predicted molar refractivity (Wildman–Crippen MR) is 104 cm³/mol. The van der Waals surface area contributed by atoms with Crippen molar-refractivity contribution in [3.8, 4) is 11.3 Å². The van der Waals surface area contributed by atoms with Crippen molar-refractivity contribution in [1.29, 1.82) is 0 Å². The summed E-state index contributed by atoms with van der Waals surface area (Å²) < 4.78 is 3.07. The van der Waals surface area contributed by atoms with E-state index >= 15 is 0 Å². The fourth-order valence-corrected chi connectivity index (χ4v) is 3.98. The molecule has 4 rings (SSSR count). The van der Waals surface area contributed by atoms with Crippen LogP contribution < -0.4 is 4.80 Å². The van der Waals surface area contributed by atoms with Gasteiger partial charge >= 0.3 is 0 Å². The number of nitrogens with zero attached hydrogens (tertiary/aromatic N) is 3. The number of fused-ring (bicyclic) bond motifs is 1. The molecule has 1 heterocycles. The van der Waals surface area contributed by atoms with Crippen molar-refractivity contribution in [3.63, 3.8) is 0 Å². The molecule has 2 aromatic carbocycles. The van der Waals surface area contributed by atoms with E-state index in [-0.39, 0.29) is 5.78 Å². The maximum absolute atomic E-state index is 12.0. The molecule has 0 fully saturated rings. The number of benzene rings is 2. The lowest BCUT2D eigenvalue weighted by molar-refractivity contribution is 0.101.